The average molecular weight is 420 g/mol. The summed E-state index contributed by atoms with van der Waals surface area (Å²) in [4.78, 5) is 25.8. The summed E-state index contributed by atoms with van der Waals surface area (Å²) >= 11 is 6.20. The van der Waals surface area contributed by atoms with Gasteiger partial charge in [-0.2, -0.15) is 0 Å². The summed E-state index contributed by atoms with van der Waals surface area (Å²) in [6.45, 7) is 6.99. The van der Waals surface area contributed by atoms with E-state index in [1.807, 2.05) is 13.8 Å². The number of hydrogen-bond donors (Lipinski definition) is 2. The number of nitrogens with zero attached hydrogens (tertiary/aromatic N) is 1. The van der Waals surface area contributed by atoms with Gasteiger partial charge in [0, 0.05) is 37.8 Å². The number of benzene rings is 1. The summed E-state index contributed by atoms with van der Waals surface area (Å²) in [6, 6.07) is 4.98. The molecule has 1 aliphatic rings. The Kier molecular flexibility index (Phi) is 10.5. The van der Waals surface area contributed by atoms with Crippen LogP contribution in [-0.4, -0.2) is 62.2 Å². The second-order valence-electron chi connectivity index (χ2n) is 5.98. The van der Waals surface area contributed by atoms with Crippen molar-refractivity contribution in [1.29, 1.82) is 0 Å². The fourth-order valence-corrected chi connectivity index (χ4v) is 2.92. The van der Waals surface area contributed by atoms with Gasteiger partial charge < -0.3 is 25.0 Å². The minimum absolute atomic E-state index is 0. The quantitative estimate of drug-likeness (QED) is 0.675. The second-order valence-corrected chi connectivity index (χ2v) is 6.39. The number of morpholine rings is 1. The number of carbonyl (C=O) groups is 2. The number of amides is 2. The smallest absolute Gasteiger partial charge is 0.260 e. The van der Waals surface area contributed by atoms with Gasteiger partial charge in [-0.05, 0) is 32.0 Å². The van der Waals surface area contributed by atoms with Crippen LogP contribution < -0.4 is 15.4 Å². The fraction of sp³-hybridized carbons (Fsp3) is 0.556. The predicted octanol–water partition coefficient (Wildman–Crippen LogP) is 2.33. The molecule has 2 rings (SSSR count). The molecule has 1 saturated heterocycles. The molecule has 1 atom stereocenters. The lowest BCUT2D eigenvalue weighted by atomic mass is 10.2. The number of ether oxygens (including phenoxy) is 2. The number of halogens is 2. The molecule has 2 amide bonds. The van der Waals surface area contributed by atoms with Crippen LogP contribution in [0.1, 0.15) is 20.3 Å². The zero-order valence-electron chi connectivity index (χ0n) is 15.6. The molecule has 152 valence electrons. The third kappa shape index (κ3) is 7.54. The zero-order chi connectivity index (χ0) is 18.9. The van der Waals surface area contributed by atoms with Crippen LogP contribution in [0.15, 0.2) is 18.2 Å². The van der Waals surface area contributed by atoms with Crippen molar-refractivity contribution < 1.29 is 19.1 Å². The second kappa shape index (κ2) is 12.0. The maximum absolute atomic E-state index is 12.1. The first-order valence-corrected chi connectivity index (χ1v) is 9.22. The van der Waals surface area contributed by atoms with Crippen LogP contribution in [0.25, 0.3) is 0 Å². The molecule has 0 saturated carbocycles. The summed E-state index contributed by atoms with van der Waals surface area (Å²) in [5, 5.41) is 6.39. The van der Waals surface area contributed by atoms with E-state index in [1.54, 1.807) is 23.1 Å². The standard InChI is InChI=1S/C18H26ClN3O4.ClH/c1-3-22(4-2)18(24)12-26-16-6-5-13(9-15(16)19)21-17(23)10-14-11-25-8-7-20-14;/h5-6,9,14,20H,3-4,7-8,10-12H2,1-2H3,(H,21,23);1H. The van der Waals surface area contributed by atoms with Crippen LogP contribution in [-0.2, 0) is 14.3 Å². The number of anilines is 1. The Balaban J connectivity index is 0.00000364. The Labute approximate surface area is 171 Å². The maximum Gasteiger partial charge on any atom is 0.260 e. The number of carbonyl (C=O) groups excluding carboxylic acids is 2. The van der Waals surface area contributed by atoms with Crippen LogP contribution in [0.3, 0.4) is 0 Å². The van der Waals surface area contributed by atoms with Crippen molar-refractivity contribution >= 4 is 41.5 Å². The van der Waals surface area contributed by atoms with E-state index in [9.17, 15) is 9.59 Å². The normalized spacial score (nSPS) is 16.2. The molecule has 2 N–H and O–H groups in total. The molecule has 1 heterocycles. The first-order chi connectivity index (χ1) is 12.5. The number of hydrogen-bond acceptors (Lipinski definition) is 5. The molecule has 7 nitrogen and oxygen atoms in total. The van der Waals surface area contributed by atoms with Gasteiger partial charge in [0.1, 0.15) is 5.75 Å². The molecular formula is C18H27Cl2N3O4. The number of likely N-dealkylation sites (N-methyl/N-ethyl adjacent to an activating group) is 1. The van der Waals surface area contributed by atoms with E-state index < -0.39 is 0 Å². The first kappa shape index (κ1) is 23.5. The monoisotopic (exact) mass is 419 g/mol. The highest BCUT2D eigenvalue weighted by atomic mass is 35.5. The predicted molar refractivity (Wildman–Crippen MR) is 108 cm³/mol. The lowest BCUT2D eigenvalue weighted by Crippen LogP contribution is -2.43. The molecule has 1 aliphatic heterocycles. The Morgan fingerprint density at radius 1 is 1.37 bits per heavy atom. The third-order valence-corrected chi connectivity index (χ3v) is 4.41. The summed E-state index contributed by atoms with van der Waals surface area (Å²) in [7, 11) is 0. The Hall–Kier alpha value is -1.54. The minimum atomic E-state index is -0.116. The molecule has 0 bridgehead atoms. The molecule has 27 heavy (non-hydrogen) atoms. The SMILES string of the molecule is CCN(CC)C(=O)COc1ccc(NC(=O)CC2COCCN2)cc1Cl.Cl. The first-order valence-electron chi connectivity index (χ1n) is 8.84. The van der Waals surface area contributed by atoms with Crippen molar-refractivity contribution in [2.75, 3.05) is 44.8 Å². The van der Waals surface area contributed by atoms with E-state index >= 15 is 0 Å². The van der Waals surface area contributed by atoms with Crippen molar-refractivity contribution in [3.63, 3.8) is 0 Å². The van der Waals surface area contributed by atoms with Crippen molar-refractivity contribution in [2.24, 2.45) is 0 Å². The molecule has 1 aromatic rings. The molecule has 1 aromatic carbocycles. The zero-order valence-corrected chi connectivity index (χ0v) is 17.2. The van der Waals surface area contributed by atoms with Crippen LogP contribution in [0, 0.1) is 0 Å². The van der Waals surface area contributed by atoms with Crippen molar-refractivity contribution in [2.45, 2.75) is 26.3 Å². The van der Waals surface area contributed by atoms with E-state index in [4.69, 9.17) is 21.1 Å². The van der Waals surface area contributed by atoms with Gasteiger partial charge in [0.25, 0.3) is 5.91 Å². The third-order valence-electron chi connectivity index (χ3n) is 4.11. The van der Waals surface area contributed by atoms with Gasteiger partial charge in [0.05, 0.1) is 18.2 Å². The molecule has 9 heteroatoms. The maximum atomic E-state index is 12.1. The van der Waals surface area contributed by atoms with E-state index in [0.29, 0.717) is 49.2 Å². The number of rotatable bonds is 8. The van der Waals surface area contributed by atoms with Crippen molar-refractivity contribution in [3.05, 3.63) is 23.2 Å². The van der Waals surface area contributed by atoms with E-state index in [-0.39, 0.29) is 36.9 Å². The molecule has 0 radical (unpaired) electrons. The van der Waals surface area contributed by atoms with E-state index in [1.165, 1.54) is 0 Å². The molecule has 1 fully saturated rings. The van der Waals surface area contributed by atoms with Crippen LogP contribution in [0.2, 0.25) is 5.02 Å². The molecular weight excluding hydrogens is 393 g/mol. The molecule has 1 unspecified atom stereocenters. The van der Waals surface area contributed by atoms with Gasteiger partial charge in [-0.25, -0.2) is 0 Å². The largest absolute Gasteiger partial charge is 0.482 e. The van der Waals surface area contributed by atoms with Gasteiger partial charge in [0.15, 0.2) is 6.61 Å². The van der Waals surface area contributed by atoms with Crippen LogP contribution >= 0.6 is 24.0 Å². The topological polar surface area (TPSA) is 79.9 Å². The Bertz CT molecular complexity index is 621. The summed E-state index contributed by atoms with van der Waals surface area (Å²) in [6.07, 6.45) is 0.328. The molecule has 0 aromatic heterocycles. The average Bonchev–Trinajstić information content (AvgIpc) is 2.63. The molecule has 0 spiro atoms. The fourth-order valence-electron chi connectivity index (χ4n) is 2.69. The van der Waals surface area contributed by atoms with Crippen LogP contribution in [0.4, 0.5) is 5.69 Å². The van der Waals surface area contributed by atoms with Gasteiger partial charge in [-0.1, -0.05) is 11.6 Å². The van der Waals surface area contributed by atoms with Crippen molar-refractivity contribution in [1.82, 2.24) is 10.2 Å². The Morgan fingerprint density at radius 3 is 2.70 bits per heavy atom. The van der Waals surface area contributed by atoms with Gasteiger partial charge >= 0.3 is 0 Å². The highest BCUT2D eigenvalue weighted by molar-refractivity contribution is 6.32. The van der Waals surface area contributed by atoms with Gasteiger partial charge in [-0.15, -0.1) is 12.4 Å². The summed E-state index contributed by atoms with van der Waals surface area (Å²) in [5.74, 6) is 0.201. The minimum Gasteiger partial charge on any atom is -0.482 e. The summed E-state index contributed by atoms with van der Waals surface area (Å²) in [5.41, 5.74) is 0.583. The van der Waals surface area contributed by atoms with Crippen molar-refractivity contribution in [3.8, 4) is 5.75 Å². The Morgan fingerprint density at radius 2 is 2.11 bits per heavy atom. The highest BCUT2D eigenvalue weighted by Crippen LogP contribution is 2.27. The van der Waals surface area contributed by atoms with E-state index in [0.717, 1.165) is 6.54 Å². The van der Waals surface area contributed by atoms with Gasteiger partial charge in [-0.3, -0.25) is 9.59 Å². The molecule has 0 aliphatic carbocycles. The lowest BCUT2D eigenvalue weighted by Gasteiger charge is -2.23. The van der Waals surface area contributed by atoms with Gasteiger partial charge in [0.2, 0.25) is 5.91 Å². The van der Waals surface area contributed by atoms with E-state index in [2.05, 4.69) is 10.6 Å². The van der Waals surface area contributed by atoms with Crippen LogP contribution in [0.5, 0.6) is 5.75 Å². The summed E-state index contributed by atoms with van der Waals surface area (Å²) < 4.78 is 10.8. The lowest BCUT2D eigenvalue weighted by molar-refractivity contribution is -0.133. The highest BCUT2D eigenvalue weighted by Gasteiger charge is 2.17. The number of nitrogens with one attached hydrogen (secondary N) is 2.